The van der Waals surface area contributed by atoms with Gasteiger partial charge in [0.25, 0.3) is 0 Å². The molecule has 0 fully saturated rings. The van der Waals surface area contributed by atoms with Crippen LogP contribution in [0.25, 0.3) is 0 Å². The molecule has 0 aliphatic rings. The van der Waals surface area contributed by atoms with Crippen molar-refractivity contribution < 1.29 is 9.90 Å². The summed E-state index contributed by atoms with van der Waals surface area (Å²) in [7, 11) is 0. The summed E-state index contributed by atoms with van der Waals surface area (Å²) in [5.74, 6) is -0.174. The summed E-state index contributed by atoms with van der Waals surface area (Å²) in [4.78, 5) is 10.3. The molecule has 0 atom stereocenters. The van der Waals surface area contributed by atoms with Gasteiger partial charge in [0.05, 0.1) is 0 Å². The van der Waals surface area contributed by atoms with E-state index in [9.17, 15) is 4.79 Å². The molecule has 1 radical (unpaired) electrons. The Balaban J connectivity index is 2.99. The van der Waals surface area contributed by atoms with Crippen molar-refractivity contribution in [2.24, 2.45) is 0 Å². The Labute approximate surface area is 49.5 Å². The highest BCUT2D eigenvalue weighted by Crippen LogP contribution is 1.94. The number of carbonyl (C=O) groups is 1. The van der Waals surface area contributed by atoms with Crippen molar-refractivity contribution in [3.8, 4) is 0 Å². The van der Waals surface area contributed by atoms with E-state index < -0.39 is 0 Å². The Morgan fingerprint density at radius 2 is 2.38 bits per heavy atom. The van der Waals surface area contributed by atoms with Crippen molar-refractivity contribution in [3.05, 3.63) is 6.61 Å². The molecule has 0 amide bonds. The zero-order valence-electron chi connectivity index (χ0n) is 5.05. The van der Waals surface area contributed by atoms with Crippen LogP contribution in [0.1, 0.15) is 26.2 Å². The molecule has 0 aromatic rings. The molecule has 8 heavy (non-hydrogen) atoms. The molecule has 0 unspecified atom stereocenters. The minimum absolute atomic E-state index is 0.174. The van der Waals surface area contributed by atoms with Crippen LogP contribution in [-0.2, 0) is 4.79 Å². The number of hydrogen-bond donors (Lipinski definition) is 1. The highest BCUT2D eigenvalue weighted by molar-refractivity contribution is 5.84. The molecule has 0 saturated carbocycles. The van der Waals surface area contributed by atoms with Gasteiger partial charge in [0.15, 0.2) is 5.78 Å². The summed E-state index contributed by atoms with van der Waals surface area (Å²) in [6, 6.07) is 0. The molecule has 0 heterocycles. The second-order valence-electron chi connectivity index (χ2n) is 1.70. The van der Waals surface area contributed by atoms with Crippen LogP contribution in [0.5, 0.6) is 0 Å². The Kier molecular flexibility index (Phi) is 4.56. The van der Waals surface area contributed by atoms with Gasteiger partial charge in [-0.15, -0.1) is 0 Å². The molecule has 0 aromatic carbocycles. The molecular formula is C6H11O2. The molecule has 2 nitrogen and oxygen atoms in total. The molecule has 0 aliphatic carbocycles. The van der Waals surface area contributed by atoms with Gasteiger partial charge in [0.2, 0.25) is 0 Å². The van der Waals surface area contributed by atoms with Gasteiger partial charge >= 0.3 is 0 Å². The van der Waals surface area contributed by atoms with Crippen molar-refractivity contribution >= 4 is 5.78 Å². The van der Waals surface area contributed by atoms with E-state index in [4.69, 9.17) is 5.11 Å². The second kappa shape index (κ2) is 4.78. The van der Waals surface area contributed by atoms with Crippen molar-refractivity contribution in [2.75, 3.05) is 0 Å². The van der Waals surface area contributed by atoms with Crippen LogP contribution in [-0.4, -0.2) is 10.9 Å². The topological polar surface area (TPSA) is 37.3 Å². The first-order valence-electron chi connectivity index (χ1n) is 2.81. The molecule has 0 bridgehead atoms. The quantitative estimate of drug-likeness (QED) is 0.599. The van der Waals surface area contributed by atoms with Crippen molar-refractivity contribution in [1.82, 2.24) is 0 Å². The highest BCUT2D eigenvalue weighted by Gasteiger charge is 1.95. The molecule has 2 heteroatoms. The predicted molar refractivity (Wildman–Crippen MR) is 30.8 cm³/mol. The Hall–Kier alpha value is -0.370. The maximum Gasteiger partial charge on any atom is 0.164 e. The van der Waals surface area contributed by atoms with Crippen molar-refractivity contribution in [3.63, 3.8) is 0 Å². The molecule has 47 valence electrons. The van der Waals surface area contributed by atoms with Gasteiger partial charge in [-0.2, -0.15) is 0 Å². The smallest absolute Gasteiger partial charge is 0.164 e. The lowest BCUT2D eigenvalue weighted by molar-refractivity contribution is -0.118. The Morgan fingerprint density at radius 3 is 2.75 bits per heavy atom. The molecular weight excluding hydrogens is 104 g/mol. The number of rotatable bonds is 4. The van der Waals surface area contributed by atoms with Crippen LogP contribution in [0, 0.1) is 6.61 Å². The fraction of sp³-hybridized carbons (Fsp3) is 0.667. The minimum atomic E-state index is -0.174. The maximum absolute atomic E-state index is 10.3. The number of aliphatic hydroxyl groups is 1. The van der Waals surface area contributed by atoms with Crippen LogP contribution in [0.15, 0.2) is 0 Å². The van der Waals surface area contributed by atoms with Gasteiger partial charge in [-0.25, -0.2) is 0 Å². The van der Waals surface area contributed by atoms with Crippen molar-refractivity contribution in [1.29, 1.82) is 0 Å². The van der Waals surface area contributed by atoms with Gasteiger partial charge in [-0.1, -0.05) is 13.3 Å². The second-order valence-corrected chi connectivity index (χ2v) is 1.70. The average molecular weight is 115 g/mol. The summed E-state index contributed by atoms with van der Waals surface area (Å²) in [6.45, 7) is 2.64. The Bertz CT molecular complexity index is 68.9. The lowest BCUT2D eigenvalue weighted by atomic mass is 10.2. The molecule has 0 aromatic heterocycles. The number of unbranched alkanes of at least 4 members (excludes halogenated alkanes) is 1. The summed E-state index contributed by atoms with van der Waals surface area (Å²) < 4.78 is 0. The van der Waals surface area contributed by atoms with E-state index in [1.807, 2.05) is 6.92 Å². The van der Waals surface area contributed by atoms with Crippen LogP contribution >= 0.6 is 0 Å². The first kappa shape index (κ1) is 7.63. The van der Waals surface area contributed by atoms with Gasteiger partial charge in [0, 0.05) is 6.42 Å². The monoisotopic (exact) mass is 115 g/mol. The molecule has 0 aliphatic heterocycles. The average Bonchev–Trinajstić information content (AvgIpc) is 1.83. The summed E-state index contributed by atoms with van der Waals surface area (Å²) in [5.41, 5.74) is 0. The summed E-state index contributed by atoms with van der Waals surface area (Å²) >= 11 is 0. The van der Waals surface area contributed by atoms with Crippen LogP contribution in [0.3, 0.4) is 0 Å². The standard InChI is InChI=1S/C6H11O2/c1-2-3-4-6(8)5-7/h5,7H,2-4H2,1H3. The van der Waals surface area contributed by atoms with Gasteiger partial charge in [0.1, 0.15) is 6.61 Å². The molecule has 1 N–H and O–H groups in total. The van der Waals surface area contributed by atoms with E-state index in [1.165, 1.54) is 0 Å². The molecule has 0 spiro atoms. The third-order valence-electron chi connectivity index (χ3n) is 0.921. The zero-order chi connectivity index (χ0) is 6.41. The maximum atomic E-state index is 10.3. The van der Waals surface area contributed by atoms with Gasteiger partial charge in [-0.3, -0.25) is 4.79 Å². The van der Waals surface area contributed by atoms with E-state index in [0.29, 0.717) is 13.0 Å². The summed E-state index contributed by atoms with van der Waals surface area (Å²) in [5, 5.41) is 8.09. The number of hydrogen-bond acceptors (Lipinski definition) is 2. The fourth-order valence-electron chi connectivity index (χ4n) is 0.416. The van der Waals surface area contributed by atoms with Gasteiger partial charge in [-0.05, 0) is 6.42 Å². The highest BCUT2D eigenvalue weighted by atomic mass is 16.3. The number of carbonyl (C=O) groups excluding carboxylic acids is 1. The number of ketones is 1. The normalized spacial score (nSPS) is 9.25. The van der Waals surface area contributed by atoms with Crippen LogP contribution < -0.4 is 0 Å². The van der Waals surface area contributed by atoms with E-state index in [2.05, 4.69) is 0 Å². The van der Waals surface area contributed by atoms with E-state index in [-0.39, 0.29) is 5.78 Å². The predicted octanol–water partition coefficient (Wildman–Crippen LogP) is 1.28. The number of Topliss-reactive ketones (excluding diaryl/α,β-unsaturated/α-hetero) is 1. The molecule has 0 rings (SSSR count). The Morgan fingerprint density at radius 1 is 1.75 bits per heavy atom. The van der Waals surface area contributed by atoms with E-state index >= 15 is 0 Å². The summed E-state index contributed by atoms with van der Waals surface area (Å²) in [6.07, 6.45) is 2.35. The minimum Gasteiger partial charge on any atom is -0.382 e. The first-order valence-corrected chi connectivity index (χ1v) is 2.81. The molecule has 0 saturated heterocycles. The van der Waals surface area contributed by atoms with E-state index in [0.717, 1.165) is 12.8 Å². The first-order chi connectivity index (χ1) is 3.81. The van der Waals surface area contributed by atoms with Crippen LogP contribution in [0.4, 0.5) is 0 Å². The van der Waals surface area contributed by atoms with Crippen LogP contribution in [0.2, 0.25) is 0 Å². The zero-order valence-corrected chi connectivity index (χ0v) is 5.05. The fourth-order valence-corrected chi connectivity index (χ4v) is 0.416. The third kappa shape index (κ3) is 3.81. The SMILES string of the molecule is CCCCC(=O)[CH]O. The van der Waals surface area contributed by atoms with E-state index in [1.54, 1.807) is 0 Å². The largest absolute Gasteiger partial charge is 0.382 e. The lowest BCUT2D eigenvalue weighted by Crippen LogP contribution is -1.95. The third-order valence-corrected chi connectivity index (χ3v) is 0.921. The number of aliphatic hydroxyl groups excluding tert-OH is 1. The van der Waals surface area contributed by atoms with Crippen molar-refractivity contribution in [2.45, 2.75) is 26.2 Å². The lowest BCUT2D eigenvalue weighted by Gasteiger charge is -1.90. The van der Waals surface area contributed by atoms with Gasteiger partial charge < -0.3 is 5.11 Å².